The maximum Gasteiger partial charge on any atom is 0.319 e. The van der Waals surface area contributed by atoms with Crippen LogP contribution in [0.5, 0.6) is 11.8 Å². The molecule has 4 aliphatic heterocycles. The van der Waals surface area contributed by atoms with Crippen LogP contribution in [0.1, 0.15) is 32.1 Å². The number of rotatable bonds is 6. The molecule has 42 heavy (non-hydrogen) atoms. The van der Waals surface area contributed by atoms with Gasteiger partial charge in [0.1, 0.15) is 35.6 Å². The topological polar surface area (TPSA) is 75.6 Å². The van der Waals surface area contributed by atoms with Gasteiger partial charge in [-0.25, -0.2) is 8.78 Å². The van der Waals surface area contributed by atoms with E-state index >= 15 is 4.39 Å². The Hall–Kier alpha value is -3.63. The van der Waals surface area contributed by atoms with Crippen LogP contribution in [0, 0.1) is 5.82 Å². The molecule has 2 unspecified atom stereocenters. The highest BCUT2D eigenvalue weighted by atomic mass is 19.1. The average molecular weight is 573 g/mol. The molecular formula is C32H34F2N6O2. The van der Waals surface area contributed by atoms with E-state index in [1.165, 1.54) is 0 Å². The molecule has 0 spiro atoms. The van der Waals surface area contributed by atoms with Gasteiger partial charge in [-0.1, -0.05) is 24.3 Å². The molecule has 0 aliphatic carbocycles. The van der Waals surface area contributed by atoms with Gasteiger partial charge < -0.3 is 19.7 Å². The molecule has 1 N–H and O–H groups in total. The molecule has 10 heteroatoms. The fourth-order valence-electron chi connectivity index (χ4n) is 7.73. The monoisotopic (exact) mass is 572 g/mol. The standard InChI is InChI=1S/C32H34F2N6O2/c1-41-23-11-19-5-2-3-6-24(19)25(12-23)28-27(34)29-26(14-35-28)30(39-16-21-7-8-22(17-39)36-21)38-31(37-29)42-18-32-9-4-10-40(32)15-20(33)13-32/h2-3,5-6,11-12,14,20-22,36H,4,7-10,13,15-18H2,1H3/t20-,21?,22?,32+/m1/s1. The van der Waals surface area contributed by atoms with E-state index in [9.17, 15) is 4.39 Å². The van der Waals surface area contributed by atoms with Crippen molar-refractivity contribution in [1.82, 2.24) is 25.2 Å². The van der Waals surface area contributed by atoms with E-state index < -0.39 is 12.0 Å². The lowest BCUT2D eigenvalue weighted by Gasteiger charge is -2.34. The number of nitrogens with zero attached hydrogens (tertiary/aromatic N) is 5. The zero-order valence-corrected chi connectivity index (χ0v) is 23.7. The molecule has 8 rings (SSSR count). The molecule has 2 aromatic heterocycles. The first-order valence-electron chi connectivity index (χ1n) is 15.0. The third-order valence-corrected chi connectivity index (χ3v) is 9.72. The first kappa shape index (κ1) is 26.0. The van der Waals surface area contributed by atoms with Crippen molar-refractivity contribution in [2.24, 2.45) is 0 Å². The predicted octanol–water partition coefficient (Wildman–Crippen LogP) is 4.89. The van der Waals surface area contributed by atoms with Gasteiger partial charge in [0, 0.05) is 49.9 Å². The first-order valence-corrected chi connectivity index (χ1v) is 15.0. The Bertz CT molecular complexity index is 1670. The minimum Gasteiger partial charge on any atom is -0.497 e. The molecule has 2 aromatic carbocycles. The summed E-state index contributed by atoms with van der Waals surface area (Å²) in [6, 6.07) is 12.4. The quantitative estimate of drug-likeness (QED) is 0.350. The van der Waals surface area contributed by atoms with E-state index in [2.05, 4.69) is 25.1 Å². The highest BCUT2D eigenvalue weighted by molar-refractivity contribution is 6.00. The number of anilines is 1. The fraction of sp³-hybridized carbons (Fsp3) is 0.469. The van der Waals surface area contributed by atoms with Crippen molar-refractivity contribution in [3.8, 4) is 23.0 Å². The van der Waals surface area contributed by atoms with Crippen molar-refractivity contribution in [2.45, 2.75) is 55.9 Å². The van der Waals surface area contributed by atoms with E-state index in [0.29, 0.717) is 47.6 Å². The third-order valence-electron chi connectivity index (χ3n) is 9.72. The summed E-state index contributed by atoms with van der Waals surface area (Å²) < 4.78 is 42.9. The van der Waals surface area contributed by atoms with Crippen LogP contribution in [0.4, 0.5) is 14.6 Å². The first-order chi connectivity index (χ1) is 20.5. The zero-order valence-electron chi connectivity index (χ0n) is 23.7. The van der Waals surface area contributed by atoms with Gasteiger partial charge in [-0.05, 0) is 55.1 Å². The van der Waals surface area contributed by atoms with Crippen molar-refractivity contribution in [3.63, 3.8) is 0 Å². The van der Waals surface area contributed by atoms with Gasteiger partial charge >= 0.3 is 6.01 Å². The normalized spacial score (nSPS) is 27.2. The molecule has 8 nitrogen and oxygen atoms in total. The van der Waals surface area contributed by atoms with E-state index in [1.54, 1.807) is 13.3 Å². The van der Waals surface area contributed by atoms with Gasteiger partial charge in [0.15, 0.2) is 5.82 Å². The molecule has 0 saturated carbocycles. The molecule has 4 saturated heterocycles. The molecule has 4 aliphatic rings. The molecule has 2 bridgehead atoms. The molecule has 0 amide bonds. The molecule has 4 fully saturated rings. The Morgan fingerprint density at radius 3 is 2.74 bits per heavy atom. The Morgan fingerprint density at radius 2 is 1.90 bits per heavy atom. The number of hydrogen-bond donors (Lipinski definition) is 1. The van der Waals surface area contributed by atoms with Crippen LogP contribution < -0.4 is 19.7 Å². The second-order valence-corrected chi connectivity index (χ2v) is 12.3. The number of halogens is 2. The Kier molecular flexibility index (Phi) is 6.19. The van der Waals surface area contributed by atoms with Crippen LogP contribution in [0.25, 0.3) is 32.9 Å². The number of pyridine rings is 1. The van der Waals surface area contributed by atoms with Gasteiger partial charge in [-0.2, -0.15) is 9.97 Å². The summed E-state index contributed by atoms with van der Waals surface area (Å²) in [5, 5.41) is 6.01. The van der Waals surface area contributed by atoms with Crippen LogP contribution in [0.15, 0.2) is 42.6 Å². The van der Waals surface area contributed by atoms with Crippen molar-refractivity contribution < 1.29 is 18.3 Å². The lowest BCUT2D eigenvalue weighted by molar-refractivity contribution is 0.107. The number of fused-ring (bicyclic) bond motifs is 5. The van der Waals surface area contributed by atoms with Gasteiger partial charge in [0.2, 0.25) is 0 Å². The zero-order chi connectivity index (χ0) is 28.4. The molecule has 218 valence electrons. The summed E-state index contributed by atoms with van der Waals surface area (Å²) in [6.07, 6.45) is 5.38. The van der Waals surface area contributed by atoms with Crippen molar-refractivity contribution in [3.05, 3.63) is 48.4 Å². The van der Waals surface area contributed by atoms with Crippen LogP contribution in [-0.4, -0.2) is 83.5 Å². The second-order valence-electron chi connectivity index (χ2n) is 12.3. The third kappa shape index (κ3) is 4.26. The highest BCUT2D eigenvalue weighted by Crippen LogP contribution is 2.41. The van der Waals surface area contributed by atoms with E-state index in [4.69, 9.17) is 14.5 Å². The number of ether oxygens (including phenoxy) is 2. The summed E-state index contributed by atoms with van der Waals surface area (Å²) in [5.74, 6) is 0.733. The summed E-state index contributed by atoms with van der Waals surface area (Å²) in [4.78, 5) is 18.6. The number of hydrogen-bond acceptors (Lipinski definition) is 8. The second kappa shape index (κ2) is 9.98. The highest BCUT2D eigenvalue weighted by Gasteiger charge is 2.49. The smallest absolute Gasteiger partial charge is 0.319 e. The summed E-state index contributed by atoms with van der Waals surface area (Å²) in [6.45, 7) is 3.13. The van der Waals surface area contributed by atoms with Crippen LogP contribution in [0.2, 0.25) is 0 Å². The molecule has 6 heterocycles. The maximum atomic E-state index is 16.7. The lowest BCUT2D eigenvalue weighted by atomic mass is 9.95. The predicted molar refractivity (Wildman–Crippen MR) is 157 cm³/mol. The summed E-state index contributed by atoms with van der Waals surface area (Å²) in [5.41, 5.74) is 0.652. The molecule has 0 radical (unpaired) electrons. The summed E-state index contributed by atoms with van der Waals surface area (Å²) >= 11 is 0. The number of nitrogens with one attached hydrogen (secondary N) is 1. The molecule has 4 atom stereocenters. The number of alkyl halides is 1. The average Bonchev–Trinajstić information content (AvgIpc) is 3.65. The number of piperazine rings is 1. The van der Waals surface area contributed by atoms with Gasteiger partial charge in [-0.3, -0.25) is 9.88 Å². The minimum atomic E-state index is -0.859. The van der Waals surface area contributed by atoms with E-state index in [-0.39, 0.29) is 29.4 Å². The van der Waals surface area contributed by atoms with Gasteiger partial charge in [-0.15, -0.1) is 0 Å². The Balaban J connectivity index is 1.25. The van der Waals surface area contributed by atoms with E-state index in [1.807, 2.05) is 36.4 Å². The van der Waals surface area contributed by atoms with Crippen LogP contribution in [0.3, 0.4) is 0 Å². The van der Waals surface area contributed by atoms with Crippen molar-refractivity contribution in [1.29, 1.82) is 0 Å². The van der Waals surface area contributed by atoms with Crippen molar-refractivity contribution in [2.75, 3.05) is 44.8 Å². The number of aromatic nitrogens is 3. The van der Waals surface area contributed by atoms with Crippen LogP contribution >= 0.6 is 0 Å². The minimum absolute atomic E-state index is 0.124. The molecular weight excluding hydrogens is 538 g/mol. The van der Waals surface area contributed by atoms with E-state index in [0.717, 1.165) is 56.1 Å². The van der Waals surface area contributed by atoms with Crippen LogP contribution in [-0.2, 0) is 0 Å². The maximum absolute atomic E-state index is 16.7. The van der Waals surface area contributed by atoms with Gasteiger partial charge in [0.05, 0.1) is 18.0 Å². The summed E-state index contributed by atoms with van der Waals surface area (Å²) in [7, 11) is 1.60. The number of methoxy groups -OCH3 is 1. The Morgan fingerprint density at radius 1 is 1.07 bits per heavy atom. The van der Waals surface area contributed by atoms with Crippen molar-refractivity contribution >= 4 is 27.5 Å². The lowest BCUT2D eigenvalue weighted by Crippen LogP contribution is -2.51. The fourth-order valence-corrected chi connectivity index (χ4v) is 7.73. The molecule has 4 aromatic rings. The Labute approximate surface area is 243 Å². The SMILES string of the molecule is COc1cc(-c2ncc3c(N4CC5CCC(C4)N5)nc(OC[C@@]45CCCN4C[C@H](F)C5)nc3c2F)c2ccccc2c1. The number of benzene rings is 2. The largest absolute Gasteiger partial charge is 0.497 e. The van der Waals surface area contributed by atoms with Gasteiger partial charge in [0.25, 0.3) is 0 Å².